The van der Waals surface area contributed by atoms with Gasteiger partial charge in [0.1, 0.15) is 0 Å². The lowest BCUT2D eigenvalue weighted by Crippen LogP contribution is -2.47. The third-order valence-electron chi connectivity index (χ3n) is 2.86. The summed E-state index contributed by atoms with van der Waals surface area (Å²) in [5, 5.41) is 2.96. The van der Waals surface area contributed by atoms with Crippen LogP contribution < -0.4 is 11.1 Å². The minimum Gasteiger partial charge on any atom is -0.352 e. The molecule has 3 atom stereocenters. The second-order valence-corrected chi connectivity index (χ2v) is 4.93. The molecule has 0 aromatic rings. The summed E-state index contributed by atoms with van der Waals surface area (Å²) in [5.74, 6) is 0.817. The topological polar surface area (TPSA) is 55.1 Å². The molecular weight excluding hydrogens is 188 g/mol. The van der Waals surface area contributed by atoms with Gasteiger partial charge >= 0.3 is 0 Å². The third kappa shape index (κ3) is 5.78. The number of carbonyl (C=O) groups excluding carboxylic acids is 1. The van der Waals surface area contributed by atoms with Gasteiger partial charge in [0, 0.05) is 6.04 Å². The second-order valence-electron chi connectivity index (χ2n) is 4.93. The predicted octanol–water partition coefficient (Wildman–Crippen LogP) is 1.91. The maximum Gasteiger partial charge on any atom is 0.237 e. The summed E-state index contributed by atoms with van der Waals surface area (Å²) in [4.78, 5) is 11.6. The van der Waals surface area contributed by atoms with Crippen molar-refractivity contribution >= 4 is 5.91 Å². The van der Waals surface area contributed by atoms with E-state index in [9.17, 15) is 4.79 Å². The molecule has 90 valence electrons. The van der Waals surface area contributed by atoms with Crippen LogP contribution in [-0.2, 0) is 4.79 Å². The summed E-state index contributed by atoms with van der Waals surface area (Å²) >= 11 is 0. The predicted molar refractivity (Wildman–Crippen MR) is 64.5 cm³/mol. The van der Waals surface area contributed by atoms with E-state index in [1.165, 1.54) is 0 Å². The van der Waals surface area contributed by atoms with Crippen molar-refractivity contribution in [1.29, 1.82) is 0 Å². The Bertz CT molecular complexity index is 192. The van der Waals surface area contributed by atoms with E-state index in [-0.39, 0.29) is 23.9 Å². The maximum absolute atomic E-state index is 11.6. The van der Waals surface area contributed by atoms with Crippen LogP contribution in [0.1, 0.15) is 47.5 Å². The molecule has 0 aliphatic carbocycles. The van der Waals surface area contributed by atoms with Crippen LogP contribution in [0.3, 0.4) is 0 Å². The quantitative estimate of drug-likeness (QED) is 0.709. The van der Waals surface area contributed by atoms with Crippen molar-refractivity contribution in [3.05, 3.63) is 0 Å². The molecule has 3 unspecified atom stereocenters. The monoisotopic (exact) mass is 214 g/mol. The van der Waals surface area contributed by atoms with Crippen molar-refractivity contribution in [2.75, 3.05) is 0 Å². The number of nitrogens with two attached hydrogens (primary N) is 1. The fourth-order valence-corrected chi connectivity index (χ4v) is 1.47. The maximum atomic E-state index is 11.6. The fraction of sp³-hybridized carbons (Fsp3) is 0.917. The summed E-state index contributed by atoms with van der Waals surface area (Å²) in [5.41, 5.74) is 5.76. The lowest BCUT2D eigenvalue weighted by Gasteiger charge is -2.21. The summed E-state index contributed by atoms with van der Waals surface area (Å²) in [6.07, 6.45) is 2.17. The average molecular weight is 214 g/mol. The highest BCUT2D eigenvalue weighted by Gasteiger charge is 2.19. The van der Waals surface area contributed by atoms with Gasteiger partial charge in [0.2, 0.25) is 5.91 Å². The number of hydrogen-bond acceptors (Lipinski definition) is 2. The van der Waals surface area contributed by atoms with Gasteiger partial charge in [-0.1, -0.05) is 34.1 Å². The van der Waals surface area contributed by atoms with Gasteiger partial charge in [0.25, 0.3) is 0 Å². The smallest absolute Gasteiger partial charge is 0.237 e. The van der Waals surface area contributed by atoms with Crippen LogP contribution in [0.5, 0.6) is 0 Å². The highest BCUT2D eigenvalue weighted by atomic mass is 16.2. The number of carbonyl (C=O) groups is 1. The van der Waals surface area contributed by atoms with Crippen molar-refractivity contribution in [3.8, 4) is 0 Å². The van der Waals surface area contributed by atoms with Crippen LogP contribution in [0.15, 0.2) is 0 Å². The molecule has 3 nitrogen and oxygen atoms in total. The van der Waals surface area contributed by atoms with Crippen molar-refractivity contribution in [3.63, 3.8) is 0 Å². The first-order valence-corrected chi connectivity index (χ1v) is 5.94. The summed E-state index contributed by atoms with van der Waals surface area (Å²) in [6.45, 7) is 10.3. The van der Waals surface area contributed by atoms with E-state index in [0.717, 1.165) is 12.8 Å². The molecule has 3 heteroatoms. The molecule has 1 amide bonds. The fourth-order valence-electron chi connectivity index (χ4n) is 1.47. The van der Waals surface area contributed by atoms with E-state index in [4.69, 9.17) is 5.73 Å². The van der Waals surface area contributed by atoms with Crippen LogP contribution in [0, 0.1) is 11.8 Å². The normalized spacial score (nSPS) is 17.3. The molecule has 0 rings (SSSR count). The highest BCUT2D eigenvalue weighted by Crippen LogP contribution is 2.09. The Morgan fingerprint density at radius 3 is 2.20 bits per heavy atom. The van der Waals surface area contributed by atoms with E-state index in [0.29, 0.717) is 5.92 Å². The Balaban J connectivity index is 3.96. The lowest BCUT2D eigenvalue weighted by molar-refractivity contribution is -0.123. The Labute approximate surface area is 93.8 Å². The Morgan fingerprint density at radius 1 is 1.27 bits per heavy atom. The third-order valence-corrected chi connectivity index (χ3v) is 2.86. The van der Waals surface area contributed by atoms with Crippen molar-refractivity contribution in [1.82, 2.24) is 5.32 Å². The summed E-state index contributed by atoms with van der Waals surface area (Å²) in [6, 6.07) is -0.165. The van der Waals surface area contributed by atoms with Crippen LogP contribution in [-0.4, -0.2) is 18.0 Å². The molecule has 0 aromatic heterocycles. The first-order chi connectivity index (χ1) is 6.88. The van der Waals surface area contributed by atoms with Gasteiger partial charge in [-0.3, -0.25) is 4.79 Å². The van der Waals surface area contributed by atoms with Gasteiger partial charge in [-0.25, -0.2) is 0 Å². The first kappa shape index (κ1) is 14.4. The van der Waals surface area contributed by atoms with E-state index >= 15 is 0 Å². The van der Waals surface area contributed by atoms with Gasteiger partial charge in [-0.2, -0.15) is 0 Å². The molecule has 0 saturated heterocycles. The molecule has 0 aliphatic heterocycles. The van der Waals surface area contributed by atoms with Crippen LogP contribution in [0.2, 0.25) is 0 Å². The second kappa shape index (κ2) is 6.83. The lowest BCUT2D eigenvalue weighted by atomic mass is 9.99. The van der Waals surface area contributed by atoms with Crippen molar-refractivity contribution in [2.24, 2.45) is 17.6 Å². The standard InChI is InChI=1S/C12H26N2O/c1-6-9(4)7-10(5)14-12(15)11(13)8(2)3/h8-11H,6-7,13H2,1-5H3,(H,14,15). The molecule has 0 heterocycles. The first-order valence-electron chi connectivity index (χ1n) is 5.94. The molecule has 0 bridgehead atoms. The van der Waals surface area contributed by atoms with Gasteiger partial charge in [-0.05, 0) is 25.2 Å². The van der Waals surface area contributed by atoms with E-state index < -0.39 is 0 Å². The minimum atomic E-state index is -0.385. The summed E-state index contributed by atoms with van der Waals surface area (Å²) < 4.78 is 0. The zero-order valence-electron chi connectivity index (χ0n) is 10.7. The van der Waals surface area contributed by atoms with Gasteiger partial charge in [0.15, 0.2) is 0 Å². The molecule has 15 heavy (non-hydrogen) atoms. The Kier molecular flexibility index (Phi) is 6.57. The van der Waals surface area contributed by atoms with Crippen LogP contribution in [0.4, 0.5) is 0 Å². The molecule has 0 saturated carbocycles. The van der Waals surface area contributed by atoms with Crippen LogP contribution in [0.25, 0.3) is 0 Å². The molecule has 0 aromatic carbocycles. The molecule has 0 radical (unpaired) electrons. The van der Waals surface area contributed by atoms with Gasteiger partial charge in [-0.15, -0.1) is 0 Å². The minimum absolute atomic E-state index is 0.0270. The number of nitrogens with one attached hydrogen (secondary N) is 1. The van der Waals surface area contributed by atoms with Gasteiger partial charge in [0.05, 0.1) is 6.04 Å². The molecular formula is C12H26N2O. The Morgan fingerprint density at radius 2 is 1.80 bits per heavy atom. The summed E-state index contributed by atoms with van der Waals surface area (Å²) in [7, 11) is 0. The van der Waals surface area contributed by atoms with Gasteiger partial charge < -0.3 is 11.1 Å². The molecule has 0 spiro atoms. The average Bonchev–Trinajstić information content (AvgIpc) is 2.15. The van der Waals surface area contributed by atoms with E-state index in [2.05, 4.69) is 19.2 Å². The van der Waals surface area contributed by atoms with Crippen molar-refractivity contribution < 1.29 is 4.79 Å². The zero-order chi connectivity index (χ0) is 12.0. The Hall–Kier alpha value is -0.570. The molecule has 3 N–H and O–H groups in total. The molecule has 0 aliphatic rings. The number of hydrogen-bond donors (Lipinski definition) is 2. The SMILES string of the molecule is CCC(C)CC(C)NC(=O)C(N)C(C)C. The van der Waals surface area contributed by atoms with Crippen LogP contribution >= 0.6 is 0 Å². The van der Waals surface area contributed by atoms with E-state index in [1.54, 1.807) is 0 Å². The zero-order valence-corrected chi connectivity index (χ0v) is 10.7. The van der Waals surface area contributed by atoms with Crippen molar-refractivity contribution in [2.45, 2.75) is 59.5 Å². The molecule has 0 fully saturated rings. The largest absolute Gasteiger partial charge is 0.352 e. The number of rotatable bonds is 6. The highest BCUT2D eigenvalue weighted by molar-refractivity contribution is 5.81. The number of amides is 1. The van der Waals surface area contributed by atoms with E-state index in [1.807, 2.05) is 20.8 Å².